The number of hydrogen-bond donors (Lipinski definition) is 1. The van der Waals surface area contributed by atoms with E-state index in [0.29, 0.717) is 13.2 Å². The van der Waals surface area contributed by atoms with E-state index >= 15 is 0 Å². The summed E-state index contributed by atoms with van der Waals surface area (Å²) in [4.78, 5) is 19.4. The molecule has 0 radical (unpaired) electrons. The molecule has 6 heteroatoms. The van der Waals surface area contributed by atoms with E-state index in [-0.39, 0.29) is 11.8 Å². The summed E-state index contributed by atoms with van der Waals surface area (Å²) in [7, 11) is 0. The molecule has 1 saturated heterocycles. The number of aryl methyl sites for hydroxylation is 1. The number of ether oxygens (including phenoxy) is 1. The Kier molecular flexibility index (Phi) is 7.79. The second kappa shape index (κ2) is 11.1. The highest BCUT2D eigenvalue weighted by molar-refractivity contribution is 5.78. The lowest BCUT2D eigenvalue weighted by Crippen LogP contribution is -2.40. The Bertz CT molecular complexity index is 1040. The zero-order chi connectivity index (χ0) is 23.0. The minimum atomic E-state index is 0.0968. The van der Waals surface area contributed by atoms with Gasteiger partial charge in [-0.25, -0.2) is 4.98 Å². The molecule has 0 bridgehead atoms. The number of nitrogens with one attached hydrogen (secondary N) is 1. The van der Waals surface area contributed by atoms with Gasteiger partial charge in [-0.3, -0.25) is 9.69 Å². The van der Waals surface area contributed by atoms with E-state index in [4.69, 9.17) is 4.74 Å². The van der Waals surface area contributed by atoms with Crippen molar-refractivity contribution in [3.63, 3.8) is 0 Å². The molecular weight excluding hydrogens is 412 g/mol. The van der Waals surface area contributed by atoms with Gasteiger partial charge in [0, 0.05) is 37.9 Å². The molecule has 6 nitrogen and oxygen atoms in total. The van der Waals surface area contributed by atoms with Gasteiger partial charge in [0.1, 0.15) is 11.6 Å². The van der Waals surface area contributed by atoms with Crippen molar-refractivity contribution in [3.05, 3.63) is 83.4 Å². The minimum Gasteiger partial charge on any atom is -0.494 e. The highest BCUT2D eigenvalue weighted by Gasteiger charge is 2.24. The monoisotopic (exact) mass is 446 g/mol. The van der Waals surface area contributed by atoms with Gasteiger partial charge in [-0.2, -0.15) is 0 Å². The fourth-order valence-electron chi connectivity index (χ4n) is 4.38. The molecule has 1 fully saturated rings. The van der Waals surface area contributed by atoms with Gasteiger partial charge in [0.2, 0.25) is 5.91 Å². The molecule has 0 aliphatic carbocycles. The van der Waals surface area contributed by atoms with Crippen molar-refractivity contribution in [3.8, 4) is 5.75 Å². The predicted octanol–water partition coefficient (Wildman–Crippen LogP) is 4.17. The van der Waals surface area contributed by atoms with Crippen molar-refractivity contribution >= 4 is 5.91 Å². The molecule has 1 amide bonds. The fourth-order valence-corrected chi connectivity index (χ4v) is 4.38. The molecule has 0 unspecified atom stereocenters. The van der Waals surface area contributed by atoms with Gasteiger partial charge in [0.15, 0.2) is 0 Å². The normalized spacial score (nSPS) is 14.8. The SMILES string of the molecule is CCOc1cccc(CN2CCC(C(=O)NCc3ccc(Cn4ccnc4C)cc3)CC2)c1. The van der Waals surface area contributed by atoms with Crippen LogP contribution < -0.4 is 10.1 Å². The first-order chi connectivity index (χ1) is 16.1. The molecule has 0 saturated carbocycles. The number of hydrogen-bond acceptors (Lipinski definition) is 4. The quantitative estimate of drug-likeness (QED) is 0.536. The third kappa shape index (κ3) is 6.45. The molecule has 174 valence electrons. The van der Waals surface area contributed by atoms with Crippen molar-refractivity contribution < 1.29 is 9.53 Å². The highest BCUT2D eigenvalue weighted by atomic mass is 16.5. The van der Waals surface area contributed by atoms with Gasteiger partial charge < -0.3 is 14.6 Å². The van der Waals surface area contributed by atoms with Crippen LogP contribution in [0.1, 0.15) is 42.3 Å². The Labute approximate surface area is 196 Å². The van der Waals surface area contributed by atoms with Gasteiger partial charge >= 0.3 is 0 Å². The number of rotatable bonds is 9. The average Bonchev–Trinajstić information content (AvgIpc) is 3.23. The van der Waals surface area contributed by atoms with E-state index in [9.17, 15) is 4.79 Å². The van der Waals surface area contributed by atoms with E-state index in [1.54, 1.807) is 0 Å². The van der Waals surface area contributed by atoms with E-state index in [1.165, 1.54) is 11.1 Å². The number of aromatic nitrogens is 2. The Morgan fingerprint density at radius 1 is 1.06 bits per heavy atom. The van der Waals surface area contributed by atoms with E-state index in [2.05, 4.69) is 56.2 Å². The summed E-state index contributed by atoms with van der Waals surface area (Å²) >= 11 is 0. The number of likely N-dealkylation sites (tertiary alicyclic amines) is 1. The van der Waals surface area contributed by atoms with Crippen LogP contribution in [0, 0.1) is 12.8 Å². The molecule has 1 N–H and O–H groups in total. The van der Waals surface area contributed by atoms with Crippen molar-refractivity contribution in [2.75, 3.05) is 19.7 Å². The number of carbonyl (C=O) groups excluding carboxylic acids is 1. The van der Waals surface area contributed by atoms with Crippen molar-refractivity contribution in [2.24, 2.45) is 5.92 Å². The van der Waals surface area contributed by atoms with E-state index in [0.717, 1.165) is 56.2 Å². The topological polar surface area (TPSA) is 59.4 Å². The van der Waals surface area contributed by atoms with E-state index in [1.807, 2.05) is 38.4 Å². The lowest BCUT2D eigenvalue weighted by atomic mass is 9.95. The van der Waals surface area contributed by atoms with Crippen LogP contribution >= 0.6 is 0 Å². The molecule has 4 rings (SSSR count). The summed E-state index contributed by atoms with van der Waals surface area (Å²) in [6.45, 7) is 8.87. The maximum absolute atomic E-state index is 12.7. The number of carbonyl (C=O) groups is 1. The lowest BCUT2D eigenvalue weighted by Gasteiger charge is -2.31. The van der Waals surface area contributed by atoms with Crippen molar-refractivity contribution in [1.82, 2.24) is 19.8 Å². The predicted molar refractivity (Wildman–Crippen MR) is 130 cm³/mol. The molecule has 0 spiro atoms. The lowest BCUT2D eigenvalue weighted by molar-refractivity contribution is -0.126. The number of imidazole rings is 1. The molecule has 33 heavy (non-hydrogen) atoms. The Morgan fingerprint density at radius 2 is 1.82 bits per heavy atom. The van der Waals surface area contributed by atoms with Gasteiger partial charge in [-0.15, -0.1) is 0 Å². The standard InChI is InChI=1S/C27H34N4O2/c1-3-33-26-6-4-5-24(17-26)19-30-14-11-25(12-15-30)27(32)29-18-22-7-9-23(10-8-22)20-31-16-13-28-21(31)2/h4-10,13,16-17,25H,3,11-12,14-15,18-20H2,1-2H3,(H,29,32). The molecule has 3 aromatic rings. The molecule has 0 atom stereocenters. The molecular formula is C27H34N4O2. The Morgan fingerprint density at radius 3 is 2.52 bits per heavy atom. The molecule has 2 heterocycles. The third-order valence-corrected chi connectivity index (χ3v) is 6.34. The first-order valence-electron chi connectivity index (χ1n) is 11.9. The van der Waals surface area contributed by atoms with Crippen LogP contribution in [0.3, 0.4) is 0 Å². The maximum Gasteiger partial charge on any atom is 0.223 e. The van der Waals surface area contributed by atoms with Gasteiger partial charge in [-0.05, 0) is 68.6 Å². The highest BCUT2D eigenvalue weighted by Crippen LogP contribution is 2.21. The van der Waals surface area contributed by atoms with Crippen LogP contribution in [0.5, 0.6) is 5.75 Å². The van der Waals surface area contributed by atoms with Crippen LogP contribution in [-0.2, 0) is 24.4 Å². The average molecular weight is 447 g/mol. The van der Waals surface area contributed by atoms with E-state index < -0.39 is 0 Å². The number of benzene rings is 2. The van der Waals surface area contributed by atoms with Crippen LogP contribution in [0.2, 0.25) is 0 Å². The van der Waals surface area contributed by atoms with Gasteiger partial charge in [0.05, 0.1) is 6.61 Å². The zero-order valence-corrected chi connectivity index (χ0v) is 19.7. The fraction of sp³-hybridized carbons (Fsp3) is 0.407. The molecule has 1 aromatic heterocycles. The smallest absolute Gasteiger partial charge is 0.223 e. The van der Waals surface area contributed by atoms with Crippen molar-refractivity contribution in [1.29, 1.82) is 0 Å². The second-order valence-electron chi connectivity index (χ2n) is 8.77. The molecule has 2 aromatic carbocycles. The Balaban J connectivity index is 1.20. The minimum absolute atomic E-state index is 0.0968. The third-order valence-electron chi connectivity index (χ3n) is 6.34. The first-order valence-corrected chi connectivity index (χ1v) is 11.9. The summed E-state index contributed by atoms with van der Waals surface area (Å²) in [6.07, 6.45) is 5.62. The number of piperidine rings is 1. The van der Waals surface area contributed by atoms with Crippen LogP contribution in [0.25, 0.3) is 0 Å². The first kappa shape index (κ1) is 23.1. The summed E-state index contributed by atoms with van der Waals surface area (Å²) in [5, 5.41) is 3.14. The van der Waals surface area contributed by atoms with Gasteiger partial charge in [0.25, 0.3) is 0 Å². The molecule has 1 aliphatic heterocycles. The number of amides is 1. The second-order valence-corrected chi connectivity index (χ2v) is 8.77. The number of nitrogens with zero attached hydrogens (tertiary/aromatic N) is 3. The van der Waals surface area contributed by atoms with Gasteiger partial charge in [-0.1, -0.05) is 36.4 Å². The molecule has 1 aliphatic rings. The summed E-state index contributed by atoms with van der Waals surface area (Å²) < 4.78 is 7.73. The summed E-state index contributed by atoms with van der Waals surface area (Å²) in [5.74, 6) is 2.20. The van der Waals surface area contributed by atoms with Crippen LogP contribution in [-0.4, -0.2) is 40.1 Å². The zero-order valence-electron chi connectivity index (χ0n) is 19.7. The van der Waals surface area contributed by atoms with Crippen LogP contribution in [0.15, 0.2) is 60.9 Å². The summed E-state index contributed by atoms with van der Waals surface area (Å²) in [5.41, 5.74) is 3.61. The van der Waals surface area contributed by atoms with Crippen LogP contribution in [0.4, 0.5) is 0 Å². The summed E-state index contributed by atoms with van der Waals surface area (Å²) in [6, 6.07) is 16.7. The van der Waals surface area contributed by atoms with Crippen molar-refractivity contribution in [2.45, 2.75) is 46.3 Å². The largest absolute Gasteiger partial charge is 0.494 e. The Hall–Kier alpha value is -3.12. The maximum atomic E-state index is 12.7.